The molecule has 1 aromatic carbocycles. The Morgan fingerprint density at radius 1 is 1.40 bits per heavy atom. The van der Waals surface area contributed by atoms with Crippen molar-refractivity contribution in [1.29, 1.82) is 0 Å². The van der Waals surface area contributed by atoms with Gasteiger partial charge in [-0.2, -0.15) is 0 Å². The average Bonchev–Trinajstić information content (AvgIpc) is 2.56. The summed E-state index contributed by atoms with van der Waals surface area (Å²) in [6.45, 7) is 6.05. The summed E-state index contributed by atoms with van der Waals surface area (Å²) in [6, 6.07) is 7.66. The first-order valence-corrected chi connectivity index (χ1v) is 7.92. The number of nitrogens with one attached hydrogen (secondary N) is 1. The number of amides is 2. The van der Waals surface area contributed by atoms with E-state index in [1.807, 2.05) is 0 Å². The third-order valence-corrected chi connectivity index (χ3v) is 4.38. The minimum Gasteiger partial charge on any atom is -0.332 e. The number of hydrogen-bond acceptors (Lipinski definition) is 1. The first kappa shape index (κ1) is 18.8. The summed E-state index contributed by atoms with van der Waals surface area (Å²) in [5, 5.41) is 2.62. The molecule has 2 rings (SSSR count). The van der Waals surface area contributed by atoms with Crippen molar-refractivity contribution < 1.29 is 18.0 Å². The van der Waals surface area contributed by atoms with Crippen LogP contribution in [0.3, 0.4) is 0 Å². The fourth-order valence-electron chi connectivity index (χ4n) is 3.18. The highest BCUT2D eigenvalue weighted by molar-refractivity contribution is 5.79. The number of hydrogen-bond donors (Lipinski definition) is 1. The van der Waals surface area contributed by atoms with Crippen molar-refractivity contribution in [2.24, 2.45) is 0 Å². The van der Waals surface area contributed by atoms with Crippen LogP contribution in [-0.4, -0.2) is 29.9 Å². The summed E-state index contributed by atoms with van der Waals surface area (Å²) in [4.78, 5) is 13.5. The van der Waals surface area contributed by atoms with E-state index in [-0.39, 0.29) is 0 Å². The molecule has 0 radical (unpaired) electrons. The maximum atomic E-state index is 14.1. The van der Waals surface area contributed by atoms with Gasteiger partial charge in [0.05, 0.1) is 18.1 Å². The molecule has 2 unspecified atom stereocenters. The number of carbonyl (C=O) groups excluding carboxylic acids is 1. The van der Waals surface area contributed by atoms with E-state index in [1.165, 1.54) is 18.2 Å². The van der Waals surface area contributed by atoms with Crippen molar-refractivity contribution in [2.45, 2.75) is 31.9 Å². The Morgan fingerprint density at radius 2 is 2.04 bits per heavy atom. The van der Waals surface area contributed by atoms with Crippen LogP contribution >= 0.6 is 0 Å². The SMILES string of the molecule is C=C/C=C(F)\C=C1/C(C)NC(=O)N(CC(F)F)C1(C)c1ccccc1. The van der Waals surface area contributed by atoms with E-state index in [0.717, 1.165) is 4.90 Å². The number of carbonyl (C=O) groups is 1. The highest BCUT2D eigenvalue weighted by Gasteiger charge is 2.47. The molecule has 1 aromatic rings. The van der Waals surface area contributed by atoms with Crippen LogP contribution in [0.1, 0.15) is 19.4 Å². The van der Waals surface area contributed by atoms with Gasteiger partial charge in [0, 0.05) is 0 Å². The number of nitrogens with zero attached hydrogens (tertiary/aromatic N) is 1. The normalized spacial score (nSPS) is 26.1. The van der Waals surface area contributed by atoms with Crippen LogP contribution < -0.4 is 5.32 Å². The van der Waals surface area contributed by atoms with E-state index in [9.17, 15) is 18.0 Å². The van der Waals surface area contributed by atoms with Gasteiger partial charge in [0.1, 0.15) is 5.83 Å². The van der Waals surface area contributed by atoms with Crippen LogP contribution in [0, 0.1) is 0 Å². The zero-order valence-electron chi connectivity index (χ0n) is 14.2. The minimum absolute atomic E-state index is 0.481. The van der Waals surface area contributed by atoms with Gasteiger partial charge in [-0.05, 0) is 37.1 Å². The molecule has 1 saturated heterocycles. The molecule has 1 fully saturated rings. The quantitative estimate of drug-likeness (QED) is 0.777. The Bertz CT molecular complexity index is 700. The third-order valence-electron chi connectivity index (χ3n) is 4.38. The second-order valence-corrected chi connectivity index (χ2v) is 6.00. The third kappa shape index (κ3) is 3.78. The molecule has 0 aromatic heterocycles. The van der Waals surface area contributed by atoms with Gasteiger partial charge >= 0.3 is 6.03 Å². The zero-order valence-corrected chi connectivity index (χ0v) is 14.2. The van der Waals surface area contributed by atoms with E-state index in [4.69, 9.17) is 0 Å². The highest BCUT2D eigenvalue weighted by atomic mass is 19.3. The molecule has 1 aliphatic rings. The van der Waals surface area contributed by atoms with Crippen LogP contribution in [0.25, 0.3) is 0 Å². The molecule has 1 heterocycles. The Hall–Kier alpha value is -2.50. The second-order valence-electron chi connectivity index (χ2n) is 6.00. The molecule has 0 bridgehead atoms. The summed E-state index contributed by atoms with van der Waals surface area (Å²) in [7, 11) is 0. The van der Waals surface area contributed by atoms with E-state index in [2.05, 4.69) is 11.9 Å². The maximum absolute atomic E-state index is 14.1. The molecule has 2 amide bonds. The van der Waals surface area contributed by atoms with E-state index >= 15 is 0 Å². The lowest BCUT2D eigenvalue weighted by Gasteiger charge is -2.49. The molecule has 134 valence electrons. The van der Waals surface area contributed by atoms with Crippen molar-refractivity contribution in [3.05, 3.63) is 72.1 Å². The number of urea groups is 1. The average molecular weight is 350 g/mol. The van der Waals surface area contributed by atoms with Crippen LogP contribution in [0.2, 0.25) is 0 Å². The first-order valence-electron chi connectivity index (χ1n) is 7.92. The molecule has 0 aliphatic carbocycles. The van der Waals surface area contributed by atoms with Crippen molar-refractivity contribution in [1.82, 2.24) is 10.2 Å². The maximum Gasteiger partial charge on any atom is 0.319 e. The van der Waals surface area contributed by atoms with Gasteiger partial charge in [0.15, 0.2) is 0 Å². The number of alkyl halides is 2. The van der Waals surface area contributed by atoms with Gasteiger partial charge in [-0.15, -0.1) is 0 Å². The predicted octanol–water partition coefficient (Wildman–Crippen LogP) is 4.55. The van der Waals surface area contributed by atoms with Gasteiger partial charge in [-0.1, -0.05) is 43.0 Å². The molecule has 0 saturated carbocycles. The summed E-state index contributed by atoms with van der Waals surface area (Å²) in [5.41, 5.74) is -0.0873. The highest BCUT2D eigenvalue weighted by Crippen LogP contribution is 2.41. The Balaban J connectivity index is 2.67. The molecule has 1 N–H and O–H groups in total. The predicted molar refractivity (Wildman–Crippen MR) is 92.0 cm³/mol. The molecular formula is C19H21F3N2O. The lowest BCUT2D eigenvalue weighted by atomic mass is 9.77. The number of allylic oxidation sites excluding steroid dienone is 4. The van der Waals surface area contributed by atoms with E-state index < -0.39 is 36.4 Å². The standard InChI is InChI=1S/C19H21F3N2O/c1-4-8-15(20)11-16-13(2)23-18(25)24(12-17(21)22)19(16,3)14-9-6-5-7-10-14/h4-11,13,17H,1,12H2,2-3H3,(H,23,25)/b15-8+,16-11+. The molecule has 3 nitrogen and oxygen atoms in total. The van der Waals surface area contributed by atoms with Crippen LogP contribution in [0.5, 0.6) is 0 Å². The lowest BCUT2D eigenvalue weighted by molar-refractivity contribution is 0.0495. The van der Waals surface area contributed by atoms with Crippen molar-refractivity contribution in [3.8, 4) is 0 Å². The van der Waals surface area contributed by atoms with E-state index in [1.54, 1.807) is 44.2 Å². The number of benzene rings is 1. The summed E-state index contributed by atoms with van der Waals surface area (Å²) >= 11 is 0. The van der Waals surface area contributed by atoms with E-state index in [0.29, 0.717) is 11.1 Å². The summed E-state index contributed by atoms with van der Waals surface area (Å²) < 4.78 is 40.4. The molecule has 2 atom stereocenters. The van der Waals surface area contributed by atoms with Gasteiger partial charge in [0.25, 0.3) is 6.43 Å². The van der Waals surface area contributed by atoms with Gasteiger partial charge in [0.2, 0.25) is 0 Å². The van der Waals surface area contributed by atoms with Gasteiger partial charge in [-0.3, -0.25) is 0 Å². The summed E-state index contributed by atoms with van der Waals surface area (Å²) in [5.74, 6) is -0.563. The molecule has 0 spiro atoms. The molecule has 25 heavy (non-hydrogen) atoms. The van der Waals surface area contributed by atoms with Crippen LogP contribution in [-0.2, 0) is 5.54 Å². The number of halogens is 3. The van der Waals surface area contributed by atoms with Crippen molar-refractivity contribution >= 4 is 6.03 Å². The fraction of sp³-hybridized carbons (Fsp3) is 0.316. The Morgan fingerprint density at radius 3 is 2.60 bits per heavy atom. The largest absolute Gasteiger partial charge is 0.332 e. The van der Waals surface area contributed by atoms with Crippen LogP contribution in [0.15, 0.2) is 66.5 Å². The number of rotatable bonds is 5. The second kappa shape index (κ2) is 7.59. The Labute approximate surface area is 145 Å². The first-order chi connectivity index (χ1) is 11.8. The smallest absolute Gasteiger partial charge is 0.319 e. The fourth-order valence-corrected chi connectivity index (χ4v) is 3.18. The minimum atomic E-state index is -2.71. The molecular weight excluding hydrogens is 329 g/mol. The van der Waals surface area contributed by atoms with Gasteiger partial charge < -0.3 is 10.2 Å². The lowest BCUT2D eigenvalue weighted by Crippen LogP contribution is -2.63. The van der Waals surface area contributed by atoms with Crippen molar-refractivity contribution in [3.63, 3.8) is 0 Å². The molecule has 6 heteroatoms. The zero-order chi connectivity index (χ0) is 18.6. The van der Waals surface area contributed by atoms with Gasteiger partial charge in [-0.25, -0.2) is 18.0 Å². The van der Waals surface area contributed by atoms with Crippen LogP contribution in [0.4, 0.5) is 18.0 Å². The monoisotopic (exact) mass is 350 g/mol. The molecule has 1 aliphatic heterocycles. The topological polar surface area (TPSA) is 32.3 Å². The van der Waals surface area contributed by atoms with Crippen molar-refractivity contribution in [2.75, 3.05) is 6.54 Å². The Kier molecular flexibility index (Phi) is 5.72. The summed E-state index contributed by atoms with van der Waals surface area (Å²) in [6.07, 6.45) is 1.04.